The molecule has 1 amide bonds. The smallest absolute Gasteiger partial charge is 0.250 e. The van der Waals surface area contributed by atoms with Gasteiger partial charge in [-0.15, -0.1) is 21.8 Å². The predicted octanol–water partition coefficient (Wildman–Crippen LogP) is 4.48. The summed E-state index contributed by atoms with van der Waals surface area (Å²) in [5.41, 5.74) is 2.27. The highest BCUT2D eigenvalue weighted by atomic mass is 35.5. The normalized spacial score (nSPS) is 11.3. The molecule has 0 aliphatic heterocycles. The van der Waals surface area contributed by atoms with Crippen LogP contribution in [-0.2, 0) is 11.2 Å². The number of carbonyl (C=O) groups excluding carboxylic acids is 1. The molecule has 122 valence electrons. The van der Waals surface area contributed by atoms with Crippen LogP contribution in [0.1, 0.15) is 42.3 Å². The number of hydrogen-bond acceptors (Lipinski definition) is 4. The first-order chi connectivity index (χ1) is 11.1. The van der Waals surface area contributed by atoms with E-state index in [0.29, 0.717) is 16.9 Å². The van der Waals surface area contributed by atoms with Gasteiger partial charge in [0.15, 0.2) is 0 Å². The van der Waals surface area contributed by atoms with Gasteiger partial charge in [-0.3, -0.25) is 10.1 Å². The summed E-state index contributed by atoms with van der Waals surface area (Å²) in [5, 5.41) is 12.1. The topological polar surface area (TPSA) is 54.9 Å². The van der Waals surface area contributed by atoms with Crippen molar-refractivity contribution in [2.24, 2.45) is 0 Å². The predicted molar refractivity (Wildman–Crippen MR) is 97.1 cm³/mol. The second kappa shape index (κ2) is 8.79. The van der Waals surface area contributed by atoms with Crippen molar-refractivity contribution in [3.05, 3.63) is 46.5 Å². The highest BCUT2D eigenvalue weighted by molar-refractivity contribution is 7.15. The zero-order valence-electron chi connectivity index (χ0n) is 13.3. The van der Waals surface area contributed by atoms with E-state index in [2.05, 4.69) is 41.5 Å². The summed E-state index contributed by atoms with van der Waals surface area (Å²) in [6.07, 6.45) is 4.94. The lowest BCUT2D eigenvalue weighted by Gasteiger charge is -2.04. The number of amides is 1. The number of hydrogen-bond donors (Lipinski definition) is 1. The van der Waals surface area contributed by atoms with Crippen LogP contribution >= 0.6 is 22.9 Å². The minimum Gasteiger partial charge on any atom is -0.297 e. The number of benzene rings is 1. The van der Waals surface area contributed by atoms with Crippen molar-refractivity contribution in [3.8, 4) is 0 Å². The molecule has 1 N–H and O–H groups in total. The Labute approximate surface area is 145 Å². The lowest BCUT2D eigenvalue weighted by atomic mass is 10.0. The summed E-state index contributed by atoms with van der Waals surface area (Å²) in [6, 6.07) is 8.18. The quantitative estimate of drug-likeness (QED) is 0.592. The number of anilines is 1. The Morgan fingerprint density at radius 1 is 1.30 bits per heavy atom. The van der Waals surface area contributed by atoms with E-state index in [1.165, 1.54) is 23.0 Å². The molecule has 0 fully saturated rings. The monoisotopic (exact) mass is 349 g/mol. The molecule has 0 aliphatic rings. The van der Waals surface area contributed by atoms with Crippen LogP contribution in [0, 0.1) is 0 Å². The fraction of sp³-hybridized carbons (Fsp3) is 0.353. The van der Waals surface area contributed by atoms with Crippen LogP contribution in [0.4, 0.5) is 5.13 Å². The number of nitrogens with zero attached hydrogens (tertiary/aromatic N) is 2. The third kappa shape index (κ3) is 5.77. The Balaban J connectivity index is 1.89. The van der Waals surface area contributed by atoms with Gasteiger partial charge in [-0.05, 0) is 29.5 Å². The summed E-state index contributed by atoms with van der Waals surface area (Å²) < 4.78 is 0. The van der Waals surface area contributed by atoms with E-state index >= 15 is 0 Å². The zero-order chi connectivity index (χ0) is 16.7. The average molecular weight is 350 g/mol. The minimum absolute atomic E-state index is 0.210. The number of rotatable bonds is 7. The van der Waals surface area contributed by atoms with Crippen LogP contribution in [0.25, 0.3) is 6.08 Å². The standard InChI is InChI=1S/C17H20ClN3OS/c1-12(2)14-8-5-13(6-9-14)7-10-15(22)19-17-21-20-16(23-17)4-3-11-18/h5-10,12H,3-4,11H2,1-2H3,(H,19,21,22)/b10-7+. The van der Waals surface area contributed by atoms with Crippen LogP contribution in [0.15, 0.2) is 30.3 Å². The Bertz CT molecular complexity index is 665. The van der Waals surface area contributed by atoms with Crippen molar-refractivity contribution < 1.29 is 4.79 Å². The molecule has 2 rings (SSSR count). The SMILES string of the molecule is CC(C)c1ccc(/C=C/C(=O)Nc2nnc(CCCCl)s2)cc1. The number of halogens is 1. The molecule has 0 aliphatic carbocycles. The Kier molecular flexibility index (Phi) is 6.74. The maximum atomic E-state index is 11.9. The Morgan fingerprint density at radius 2 is 2.04 bits per heavy atom. The van der Waals surface area contributed by atoms with E-state index in [0.717, 1.165) is 23.4 Å². The highest BCUT2D eigenvalue weighted by Crippen LogP contribution is 2.17. The van der Waals surface area contributed by atoms with Crippen LogP contribution in [-0.4, -0.2) is 22.0 Å². The number of nitrogens with one attached hydrogen (secondary N) is 1. The summed E-state index contributed by atoms with van der Waals surface area (Å²) in [7, 11) is 0. The first-order valence-electron chi connectivity index (χ1n) is 7.56. The third-order valence-electron chi connectivity index (χ3n) is 3.25. The van der Waals surface area contributed by atoms with Gasteiger partial charge >= 0.3 is 0 Å². The number of alkyl halides is 1. The molecule has 0 atom stereocenters. The van der Waals surface area contributed by atoms with E-state index in [1.807, 2.05) is 12.1 Å². The minimum atomic E-state index is -0.210. The first kappa shape index (κ1) is 17.6. The van der Waals surface area contributed by atoms with Crippen molar-refractivity contribution in [2.75, 3.05) is 11.2 Å². The zero-order valence-corrected chi connectivity index (χ0v) is 14.8. The maximum absolute atomic E-state index is 11.9. The summed E-state index contributed by atoms with van der Waals surface area (Å²) >= 11 is 7.03. The molecule has 0 radical (unpaired) electrons. The Morgan fingerprint density at radius 3 is 2.70 bits per heavy atom. The second-order valence-corrected chi connectivity index (χ2v) is 6.88. The van der Waals surface area contributed by atoms with Crippen molar-refractivity contribution in [2.45, 2.75) is 32.6 Å². The molecule has 6 heteroatoms. The molecule has 0 unspecified atom stereocenters. The first-order valence-corrected chi connectivity index (χ1v) is 8.91. The van der Waals surface area contributed by atoms with Gasteiger partial charge in [-0.1, -0.05) is 49.4 Å². The highest BCUT2D eigenvalue weighted by Gasteiger charge is 2.06. The number of carbonyl (C=O) groups is 1. The van der Waals surface area contributed by atoms with Gasteiger partial charge in [0.2, 0.25) is 11.0 Å². The molecule has 1 heterocycles. The van der Waals surface area contributed by atoms with Gasteiger partial charge in [0, 0.05) is 18.4 Å². The Hall–Kier alpha value is -1.72. The lowest BCUT2D eigenvalue weighted by Crippen LogP contribution is -2.07. The molecule has 1 aromatic heterocycles. The van der Waals surface area contributed by atoms with E-state index in [1.54, 1.807) is 6.08 Å². The summed E-state index contributed by atoms with van der Waals surface area (Å²) in [6.45, 7) is 4.31. The fourth-order valence-electron chi connectivity index (χ4n) is 1.93. The molecule has 0 spiro atoms. The summed E-state index contributed by atoms with van der Waals surface area (Å²) in [5.74, 6) is 0.888. The molecule has 1 aromatic carbocycles. The molecule has 0 saturated carbocycles. The molecule has 0 bridgehead atoms. The third-order valence-corrected chi connectivity index (χ3v) is 4.42. The van der Waals surface area contributed by atoms with Gasteiger partial charge in [-0.2, -0.15) is 0 Å². The summed E-state index contributed by atoms with van der Waals surface area (Å²) in [4.78, 5) is 11.9. The molecule has 23 heavy (non-hydrogen) atoms. The molecular formula is C17H20ClN3OS. The van der Waals surface area contributed by atoms with E-state index in [-0.39, 0.29) is 5.91 Å². The van der Waals surface area contributed by atoms with Gasteiger partial charge in [0.1, 0.15) is 5.01 Å². The van der Waals surface area contributed by atoms with E-state index in [9.17, 15) is 4.79 Å². The van der Waals surface area contributed by atoms with Crippen LogP contribution in [0.2, 0.25) is 0 Å². The molecule has 0 saturated heterocycles. The van der Waals surface area contributed by atoms with Crippen LogP contribution < -0.4 is 5.32 Å². The lowest BCUT2D eigenvalue weighted by molar-refractivity contribution is -0.111. The average Bonchev–Trinajstić information content (AvgIpc) is 2.98. The van der Waals surface area contributed by atoms with Crippen LogP contribution in [0.3, 0.4) is 0 Å². The van der Waals surface area contributed by atoms with Gasteiger partial charge in [0.25, 0.3) is 0 Å². The van der Waals surface area contributed by atoms with E-state index < -0.39 is 0 Å². The van der Waals surface area contributed by atoms with Gasteiger partial charge in [-0.25, -0.2) is 0 Å². The van der Waals surface area contributed by atoms with Crippen LogP contribution in [0.5, 0.6) is 0 Å². The van der Waals surface area contributed by atoms with Crippen molar-refractivity contribution >= 4 is 40.1 Å². The van der Waals surface area contributed by atoms with E-state index in [4.69, 9.17) is 11.6 Å². The van der Waals surface area contributed by atoms with Crippen molar-refractivity contribution in [1.82, 2.24) is 10.2 Å². The van der Waals surface area contributed by atoms with Crippen molar-refractivity contribution in [3.63, 3.8) is 0 Å². The number of aromatic nitrogens is 2. The second-order valence-electron chi connectivity index (χ2n) is 5.44. The largest absolute Gasteiger partial charge is 0.297 e. The molecule has 4 nitrogen and oxygen atoms in total. The number of aryl methyl sites for hydroxylation is 1. The van der Waals surface area contributed by atoms with Gasteiger partial charge < -0.3 is 0 Å². The molecular weight excluding hydrogens is 330 g/mol. The fourth-order valence-corrected chi connectivity index (χ4v) is 2.85. The van der Waals surface area contributed by atoms with Gasteiger partial charge in [0.05, 0.1) is 0 Å². The maximum Gasteiger partial charge on any atom is 0.250 e. The molecule has 2 aromatic rings. The van der Waals surface area contributed by atoms with Crippen molar-refractivity contribution in [1.29, 1.82) is 0 Å².